The first-order valence-corrected chi connectivity index (χ1v) is 8.16. The molecule has 0 radical (unpaired) electrons. The summed E-state index contributed by atoms with van der Waals surface area (Å²) in [6.45, 7) is 1.21. The number of carbonyl (C=O) groups excluding carboxylic acids is 3. The standard InChI is InChI=1S/C19H17F3N2O4/c1-12(13-6-3-2-4-7-13)23-16(25)11-28-17(26)14-8-5-9-15(10-14)24-18(27)19(20,21)22/h2-10,12H,11H2,1H3,(H,23,25)(H,24,27)/t12-/m1/s1. The van der Waals surface area contributed by atoms with Crippen LogP contribution in [-0.2, 0) is 14.3 Å². The molecular formula is C19H17F3N2O4. The summed E-state index contributed by atoms with van der Waals surface area (Å²) in [5.41, 5.74) is 0.540. The van der Waals surface area contributed by atoms with Gasteiger partial charge in [0.15, 0.2) is 6.61 Å². The third kappa shape index (κ3) is 6.11. The van der Waals surface area contributed by atoms with Gasteiger partial charge in [-0.25, -0.2) is 4.79 Å². The molecule has 0 saturated carbocycles. The van der Waals surface area contributed by atoms with E-state index in [4.69, 9.17) is 4.74 Å². The van der Waals surface area contributed by atoms with Crippen molar-refractivity contribution in [1.82, 2.24) is 5.32 Å². The molecule has 2 N–H and O–H groups in total. The van der Waals surface area contributed by atoms with Gasteiger partial charge in [0.2, 0.25) is 0 Å². The van der Waals surface area contributed by atoms with E-state index in [1.54, 1.807) is 12.2 Å². The molecule has 0 fully saturated rings. The average Bonchev–Trinajstić information content (AvgIpc) is 2.66. The second kappa shape index (κ2) is 9.03. The fourth-order valence-electron chi connectivity index (χ4n) is 2.25. The molecule has 1 atom stereocenters. The van der Waals surface area contributed by atoms with Crippen molar-refractivity contribution in [2.24, 2.45) is 0 Å². The van der Waals surface area contributed by atoms with Crippen LogP contribution < -0.4 is 10.6 Å². The molecule has 0 bridgehead atoms. The van der Waals surface area contributed by atoms with Gasteiger partial charge in [0.05, 0.1) is 11.6 Å². The van der Waals surface area contributed by atoms with Gasteiger partial charge < -0.3 is 15.4 Å². The molecule has 0 aliphatic carbocycles. The van der Waals surface area contributed by atoms with Crippen LogP contribution in [0.15, 0.2) is 54.6 Å². The Kier molecular flexibility index (Phi) is 6.75. The van der Waals surface area contributed by atoms with E-state index >= 15 is 0 Å². The summed E-state index contributed by atoms with van der Waals surface area (Å²) < 4.78 is 41.7. The van der Waals surface area contributed by atoms with Crippen molar-refractivity contribution in [3.8, 4) is 0 Å². The molecule has 2 amide bonds. The number of halogens is 3. The van der Waals surface area contributed by atoms with Crippen LogP contribution in [0.4, 0.5) is 18.9 Å². The highest BCUT2D eigenvalue weighted by molar-refractivity contribution is 5.97. The van der Waals surface area contributed by atoms with E-state index in [1.165, 1.54) is 18.2 Å². The zero-order valence-corrected chi connectivity index (χ0v) is 14.7. The number of carbonyl (C=O) groups is 3. The lowest BCUT2D eigenvalue weighted by atomic mass is 10.1. The summed E-state index contributed by atoms with van der Waals surface area (Å²) in [4.78, 5) is 34.9. The lowest BCUT2D eigenvalue weighted by Gasteiger charge is -2.14. The second-order valence-electron chi connectivity index (χ2n) is 5.81. The number of hydrogen-bond acceptors (Lipinski definition) is 4. The summed E-state index contributed by atoms with van der Waals surface area (Å²) in [5, 5.41) is 4.29. The first kappa shape index (κ1) is 20.9. The van der Waals surface area contributed by atoms with Crippen molar-refractivity contribution in [3.05, 3.63) is 65.7 Å². The number of nitrogens with one attached hydrogen (secondary N) is 2. The predicted octanol–water partition coefficient (Wildman–Crippen LogP) is 3.22. The minimum atomic E-state index is -5.05. The van der Waals surface area contributed by atoms with E-state index < -0.39 is 30.6 Å². The molecule has 9 heteroatoms. The van der Waals surface area contributed by atoms with Gasteiger partial charge in [0, 0.05) is 5.69 Å². The Bertz CT molecular complexity index is 854. The Morgan fingerprint density at radius 3 is 2.36 bits per heavy atom. The van der Waals surface area contributed by atoms with Crippen LogP contribution in [0.25, 0.3) is 0 Å². The van der Waals surface area contributed by atoms with Crippen LogP contribution >= 0.6 is 0 Å². The van der Waals surface area contributed by atoms with Gasteiger partial charge in [-0.3, -0.25) is 9.59 Å². The van der Waals surface area contributed by atoms with Gasteiger partial charge in [-0.1, -0.05) is 36.4 Å². The van der Waals surface area contributed by atoms with Crippen LogP contribution in [0.3, 0.4) is 0 Å². The lowest BCUT2D eigenvalue weighted by molar-refractivity contribution is -0.167. The van der Waals surface area contributed by atoms with Crippen molar-refractivity contribution in [3.63, 3.8) is 0 Å². The summed E-state index contributed by atoms with van der Waals surface area (Å²) in [6.07, 6.45) is -5.05. The van der Waals surface area contributed by atoms with E-state index in [-0.39, 0.29) is 17.3 Å². The smallest absolute Gasteiger partial charge is 0.452 e. The molecule has 0 saturated heterocycles. The van der Waals surface area contributed by atoms with Crippen molar-refractivity contribution in [2.45, 2.75) is 19.1 Å². The average molecular weight is 394 g/mol. The van der Waals surface area contributed by atoms with Crippen LogP contribution in [0.1, 0.15) is 28.9 Å². The molecule has 2 rings (SSSR count). The SMILES string of the molecule is C[C@@H](NC(=O)COC(=O)c1cccc(NC(=O)C(F)(F)F)c1)c1ccccc1. The zero-order valence-electron chi connectivity index (χ0n) is 14.7. The zero-order chi connectivity index (χ0) is 20.7. The van der Waals surface area contributed by atoms with Crippen molar-refractivity contribution < 1.29 is 32.3 Å². The lowest BCUT2D eigenvalue weighted by Crippen LogP contribution is -2.31. The second-order valence-corrected chi connectivity index (χ2v) is 5.81. The highest BCUT2D eigenvalue weighted by Crippen LogP contribution is 2.19. The number of ether oxygens (including phenoxy) is 1. The van der Waals surface area contributed by atoms with Crippen molar-refractivity contribution in [2.75, 3.05) is 11.9 Å². The van der Waals surface area contributed by atoms with E-state index in [0.29, 0.717) is 0 Å². The minimum absolute atomic E-state index is 0.108. The number of alkyl halides is 3. The highest BCUT2D eigenvalue weighted by Gasteiger charge is 2.38. The van der Waals surface area contributed by atoms with Crippen LogP contribution in [0.2, 0.25) is 0 Å². The van der Waals surface area contributed by atoms with Gasteiger partial charge in [0.1, 0.15) is 0 Å². The third-order valence-corrected chi connectivity index (χ3v) is 3.63. The fourth-order valence-corrected chi connectivity index (χ4v) is 2.25. The van der Waals surface area contributed by atoms with Crippen LogP contribution in [0, 0.1) is 0 Å². The van der Waals surface area contributed by atoms with Crippen LogP contribution in [0.5, 0.6) is 0 Å². The Hall–Kier alpha value is -3.36. The number of amides is 2. The van der Waals surface area contributed by atoms with E-state index in [9.17, 15) is 27.6 Å². The third-order valence-electron chi connectivity index (χ3n) is 3.63. The number of esters is 1. The largest absolute Gasteiger partial charge is 0.471 e. The minimum Gasteiger partial charge on any atom is -0.452 e. The monoisotopic (exact) mass is 394 g/mol. The van der Waals surface area contributed by atoms with Crippen molar-refractivity contribution in [1.29, 1.82) is 0 Å². The first-order chi connectivity index (χ1) is 13.2. The maximum atomic E-state index is 12.3. The molecular weight excluding hydrogens is 377 g/mol. The Balaban J connectivity index is 1.90. The first-order valence-electron chi connectivity index (χ1n) is 8.16. The molecule has 0 heterocycles. The number of hydrogen-bond donors (Lipinski definition) is 2. The maximum absolute atomic E-state index is 12.3. The molecule has 0 aromatic heterocycles. The van der Waals surface area contributed by atoms with Gasteiger partial charge in [-0.15, -0.1) is 0 Å². The Morgan fingerprint density at radius 2 is 1.71 bits per heavy atom. The normalized spacial score (nSPS) is 12.0. The van der Waals surface area contributed by atoms with E-state index in [1.807, 2.05) is 30.3 Å². The molecule has 2 aromatic carbocycles. The Morgan fingerprint density at radius 1 is 1.04 bits per heavy atom. The molecule has 0 unspecified atom stereocenters. The molecule has 148 valence electrons. The summed E-state index contributed by atoms with van der Waals surface area (Å²) in [5.74, 6) is -3.61. The summed E-state index contributed by atoms with van der Waals surface area (Å²) >= 11 is 0. The molecule has 0 spiro atoms. The quantitative estimate of drug-likeness (QED) is 0.737. The van der Waals surface area contributed by atoms with Gasteiger partial charge >= 0.3 is 18.1 Å². The Labute approximate surface area is 158 Å². The molecule has 0 aliphatic heterocycles. The van der Waals surface area contributed by atoms with Gasteiger partial charge in [-0.2, -0.15) is 13.2 Å². The van der Waals surface area contributed by atoms with Gasteiger partial charge in [-0.05, 0) is 30.7 Å². The topological polar surface area (TPSA) is 84.5 Å². The molecule has 2 aromatic rings. The fraction of sp³-hybridized carbons (Fsp3) is 0.211. The van der Waals surface area contributed by atoms with E-state index in [2.05, 4.69) is 5.32 Å². The highest BCUT2D eigenvalue weighted by atomic mass is 19.4. The van der Waals surface area contributed by atoms with Crippen molar-refractivity contribution >= 4 is 23.5 Å². The number of rotatable bonds is 6. The summed E-state index contributed by atoms with van der Waals surface area (Å²) in [7, 11) is 0. The van der Waals surface area contributed by atoms with E-state index in [0.717, 1.165) is 11.6 Å². The van der Waals surface area contributed by atoms with Gasteiger partial charge in [0.25, 0.3) is 5.91 Å². The predicted molar refractivity (Wildman–Crippen MR) is 94.4 cm³/mol. The molecule has 6 nitrogen and oxygen atoms in total. The number of benzene rings is 2. The summed E-state index contributed by atoms with van der Waals surface area (Å²) in [6, 6.07) is 13.6. The van der Waals surface area contributed by atoms with Crippen LogP contribution in [-0.4, -0.2) is 30.6 Å². The maximum Gasteiger partial charge on any atom is 0.471 e. The molecule has 28 heavy (non-hydrogen) atoms. The molecule has 0 aliphatic rings. The number of anilines is 1.